The van der Waals surface area contributed by atoms with E-state index >= 15 is 0 Å². The molecular formula is C15H16BrNO5. The Balaban J connectivity index is 2.05. The first-order valence-corrected chi connectivity index (χ1v) is 7.51. The Hall–Kier alpha value is -2.02. The average molecular weight is 370 g/mol. The van der Waals surface area contributed by atoms with Crippen LogP contribution in [0.2, 0.25) is 0 Å². The number of carboxylic acid groups (broad SMARTS) is 1. The molecular weight excluding hydrogens is 354 g/mol. The van der Waals surface area contributed by atoms with Crippen LogP contribution in [0.4, 0.5) is 0 Å². The summed E-state index contributed by atoms with van der Waals surface area (Å²) < 4.78 is 11.8. The summed E-state index contributed by atoms with van der Waals surface area (Å²) in [6.07, 6.45) is 2.98. The molecule has 1 heterocycles. The number of hydrogen-bond acceptors (Lipinski definition) is 4. The minimum Gasteiger partial charge on any atom is -0.486 e. The molecule has 1 amide bonds. The molecule has 0 unspecified atom stereocenters. The maximum Gasteiger partial charge on any atom is 0.305 e. The first-order valence-electron chi connectivity index (χ1n) is 6.71. The van der Waals surface area contributed by atoms with Crippen LogP contribution in [0.5, 0.6) is 11.5 Å². The Morgan fingerprint density at radius 1 is 1.36 bits per heavy atom. The lowest BCUT2D eigenvalue weighted by Crippen LogP contribution is -2.27. The molecule has 0 saturated carbocycles. The van der Waals surface area contributed by atoms with Crippen molar-refractivity contribution in [2.24, 2.45) is 0 Å². The van der Waals surface area contributed by atoms with Crippen molar-refractivity contribution < 1.29 is 24.2 Å². The molecule has 22 heavy (non-hydrogen) atoms. The van der Waals surface area contributed by atoms with Crippen molar-refractivity contribution in [3.63, 3.8) is 0 Å². The highest BCUT2D eigenvalue weighted by atomic mass is 79.9. The van der Waals surface area contributed by atoms with Gasteiger partial charge in [-0.1, -0.05) is 0 Å². The van der Waals surface area contributed by atoms with E-state index in [9.17, 15) is 9.59 Å². The number of likely N-dealkylation sites (N-methyl/N-ethyl adjacent to an activating group) is 1. The number of nitrogens with zero attached hydrogens (tertiary/aromatic N) is 1. The van der Waals surface area contributed by atoms with Gasteiger partial charge < -0.3 is 19.5 Å². The Bertz CT molecular complexity index is 614. The molecule has 0 bridgehead atoms. The third kappa shape index (κ3) is 4.24. The molecule has 0 aliphatic carbocycles. The fourth-order valence-electron chi connectivity index (χ4n) is 1.90. The molecule has 0 atom stereocenters. The number of rotatable bonds is 5. The van der Waals surface area contributed by atoms with Crippen molar-refractivity contribution in [1.29, 1.82) is 0 Å². The fourth-order valence-corrected chi connectivity index (χ4v) is 2.47. The van der Waals surface area contributed by atoms with Gasteiger partial charge in [-0.05, 0) is 39.7 Å². The number of amides is 1. The number of ether oxygens (including phenoxy) is 2. The number of aliphatic carboxylic acids is 1. The van der Waals surface area contributed by atoms with Gasteiger partial charge in [0.2, 0.25) is 5.91 Å². The molecule has 1 aromatic carbocycles. The van der Waals surface area contributed by atoms with E-state index in [4.69, 9.17) is 14.6 Å². The normalized spacial score (nSPS) is 13.2. The van der Waals surface area contributed by atoms with Gasteiger partial charge in [0.25, 0.3) is 0 Å². The van der Waals surface area contributed by atoms with E-state index in [-0.39, 0.29) is 18.9 Å². The molecule has 6 nitrogen and oxygen atoms in total. The van der Waals surface area contributed by atoms with Gasteiger partial charge in [0, 0.05) is 19.7 Å². The molecule has 2 rings (SSSR count). The number of halogens is 1. The number of fused-ring (bicyclic) bond motifs is 1. The lowest BCUT2D eigenvalue weighted by atomic mass is 10.1. The van der Waals surface area contributed by atoms with Gasteiger partial charge >= 0.3 is 5.97 Å². The van der Waals surface area contributed by atoms with E-state index in [0.29, 0.717) is 24.7 Å². The summed E-state index contributed by atoms with van der Waals surface area (Å²) in [6.45, 7) is 1.17. The van der Waals surface area contributed by atoms with Crippen LogP contribution in [-0.4, -0.2) is 48.7 Å². The highest BCUT2D eigenvalue weighted by Gasteiger charge is 2.15. The maximum atomic E-state index is 11.9. The summed E-state index contributed by atoms with van der Waals surface area (Å²) in [5, 5.41) is 8.61. The quantitative estimate of drug-likeness (QED) is 0.804. The van der Waals surface area contributed by atoms with Crippen LogP contribution in [0.1, 0.15) is 12.0 Å². The van der Waals surface area contributed by atoms with E-state index < -0.39 is 5.97 Å². The van der Waals surface area contributed by atoms with Crippen LogP contribution < -0.4 is 9.47 Å². The lowest BCUT2D eigenvalue weighted by molar-refractivity contribution is -0.137. The first-order chi connectivity index (χ1) is 10.5. The van der Waals surface area contributed by atoms with E-state index in [1.807, 2.05) is 6.07 Å². The standard InChI is InChI=1S/C15H16BrNO5/c1-17(5-4-14(19)20)13(18)3-2-10-8-11(16)15-12(9-10)21-6-7-22-15/h2-3,8-9H,4-7H2,1H3,(H,19,20). The molecule has 118 valence electrons. The zero-order valence-electron chi connectivity index (χ0n) is 12.0. The maximum absolute atomic E-state index is 11.9. The predicted octanol–water partition coefficient (Wildman–Crippen LogP) is 2.17. The van der Waals surface area contributed by atoms with Crippen LogP contribution in [0, 0.1) is 0 Å². The Morgan fingerprint density at radius 2 is 2.09 bits per heavy atom. The number of carboxylic acids is 1. The zero-order valence-corrected chi connectivity index (χ0v) is 13.6. The van der Waals surface area contributed by atoms with E-state index in [2.05, 4.69) is 15.9 Å². The predicted molar refractivity (Wildman–Crippen MR) is 84.1 cm³/mol. The highest BCUT2D eigenvalue weighted by molar-refractivity contribution is 9.10. The third-order valence-corrected chi connectivity index (χ3v) is 3.66. The van der Waals surface area contributed by atoms with Gasteiger partial charge in [-0.3, -0.25) is 9.59 Å². The number of carbonyl (C=O) groups is 2. The Morgan fingerprint density at radius 3 is 2.82 bits per heavy atom. The Kier molecular flexibility index (Phi) is 5.43. The molecule has 1 N–H and O–H groups in total. The molecule has 1 aromatic rings. The highest BCUT2D eigenvalue weighted by Crippen LogP contribution is 2.38. The monoisotopic (exact) mass is 369 g/mol. The second-order valence-electron chi connectivity index (χ2n) is 4.76. The van der Waals surface area contributed by atoms with Gasteiger partial charge in [-0.15, -0.1) is 0 Å². The molecule has 1 aliphatic heterocycles. The molecule has 0 aromatic heterocycles. The van der Waals surface area contributed by atoms with Crippen molar-refractivity contribution >= 4 is 33.9 Å². The van der Waals surface area contributed by atoms with Gasteiger partial charge in [0.1, 0.15) is 13.2 Å². The molecule has 0 saturated heterocycles. The van der Waals surface area contributed by atoms with Gasteiger partial charge in [-0.25, -0.2) is 0 Å². The smallest absolute Gasteiger partial charge is 0.305 e. The summed E-state index contributed by atoms with van der Waals surface area (Å²) in [5.74, 6) is 0.104. The first kappa shape index (κ1) is 16.4. The molecule has 0 fully saturated rings. The van der Waals surface area contributed by atoms with Crippen molar-refractivity contribution in [3.8, 4) is 11.5 Å². The van der Waals surface area contributed by atoms with E-state index in [1.165, 1.54) is 11.0 Å². The summed E-state index contributed by atoms with van der Waals surface area (Å²) in [6, 6.07) is 3.62. The summed E-state index contributed by atoms with van der Waals surface area (Å²) >= 11 is 3.41. The zero-order chi connectivity index (χ0) is 16.1. The van der Waals surface area contributed by atoms with Gasteiger partial charge in [0.15, 0.2) is 11.5 Å². The Labute approximate surface area is 136 Å². The largest absolute Gasteiger partial charge is 0.486 e. The number of benzene rings is 1. The van der Waals surface area contributed by atoms with Crippen molar-refractivity contribution in [2.45, 2.75) is 6.42 Å². The minimum absolute atomic E-state index is 0.0777. The number of hydrogen-bond donors (Lipinski definition) is 1. The van der Waals surface area contributed by atoms with Crippen LogP contribution in [0.15, 0.2) is 22.7 Å². The van der Waals surface area contributed by atoms with Crippen LogP contribution in [0.25, 0.3) is 6.08 Å². The summed E-state index contributed by atoms with van der Waals surface area (Å²) in [4.78, 5) is 23.7. The third-order valence-electron chi connectivity index (χ3n) is 3.07. The second kappa shape index (κ2) is 7.31. The minimum atomic E-state index is -0.931. The van der Waals surface area contributed by atoms with E-state index in [1.54, 1.807) is 19.2 Å². The molecule has 1 aliphatic rings. The van der Waals surface area contributed by atoms with Crippen LogP contribution >= 0.6 is 15.9 Å². The summed E-state index contributed by atoms with van der Waals surface area (Å²) in [5.41, 5.74) is 0.788. The van der Waals surface area contributed by atoms with Gasteiger partial charge in [-0.2, -0.15) is 0 Å². The van der Waals surface area contributed by atoms with Crippen molar-refractivity contribution in [1.82, 2.24) is 4.90 Å². The summed E-state index contributed by atoms with van der Waals surface area (Å²) in [7, 11) is 1.56. The molecule has 7 heteroatoms. The SMILES string of the molecule is CN(CCC(=O)O)C(=O)C=Cc1cc(Br)c2c(c1)OCCO2. The van der Waals surface area contributed by atoms with E-state index in [0.717, 1.165) is 10.0 Å². The number of carbonyl (C=O) groups excluding carboxylic acids is 1. The van der Waals surface area contributed by atoms with Crippen molar-refractivity contribution in [2.75, 3.05) is 26.8 Å². The van der Waals surface area contributed by atoms with Crippen LogP contribution in [-0.2, 0) is 9.59 Å². The van der Waals surface area contributed by atoms with Crippen LogP contribution in [0.3, 0.4) is 0 Å². The second-order valence-corrected chi connectivity index (χ2v) is 5.62. The van der Waals surface area contributed by atoms with Gasteiger partial charge in [0.05, 0.1) is 10.9 Å². The average Bonchev–Trinajstić information content (AvgIpc) is 2.50. The molecule has 0 spiro atoms. The topological polar surface area (TPSA) is 76.1 Å². The molecule has 0 radical (unpaired) electrons. The van der Waals surface area contributed by atoms with Crippen molar-refractivity contribution in [3.05, 3.63) is 28.2 Å². The lowest BCUT2D eigenvalue weighted by Gasteiger charge is -2.20. The fraction of sp³-hybridized carbons (Fsp3) is 0.333.